The Labute approximate surface area is 147 Å². The first-order valence-electron chi connectivity index (χ1n) is 8.56. The molecule has 4 heteroatoms. The van der Waals surface area contributed by atoms with E-state index < -0.39 is 12.1 Å². The predicted octanol–water partition coefficient (Wildman–Crippen LogP) is 3.54. The number of benzene rings is 2. The van der Waals surface area contributed by atoms with Crippen LogP contribution in [0.2, 0.25) is 0 Å². The van der Waals surface area contributed by atoms with Crippen LogP contribution >= 0.6 is 0 Å². The standard InChI is InChI=1S/C21H22O4/c1-14(21(23)18-11-10-15-7-5-8-16(15)12-18)25-20(22)13-17-6-3-4-9-19(17)24-2/h3-4,6,9-12,14H,5,7-8,13H2,1-2H3. The molecule has 2 aromatic carbocycles. The van der Waals surface area contributed by atoms with Crippen molar-refractivity contribution in [2.24, 2.45) is 0 Å². The lowest BCUT2D eigenvalue weighted by Gasteiger charge is -2.14. The lowest BCUT2D eigenvalue weighted by atomic mass is 10.0. The van der Waals surface area contributed by atoms with Crippen molar-refractivity contribution in [3.63, 3.8) is 0 Å². The minimum absolute atomic E-state index is 0.0752. The molecule has 1 aliphatic carbocycles. The van der Waals surface area contributed by atoms with Crippen LogP contribution in [0.4, 0.5) is 0 Å². The zero-order chi connectivity index (χ0) is 17.8. The molecule has 1 unspecified atom stereocenters. The monoisotopic (exact) mass is 338 g/mol. The Morgan fingerprint density at radius 2 is 1.84 bits per heavy atom. The minimum atomic E-state index is -0.804. The molecule has 3 rings (SSSR count). The highest BCUT2D eigenvalue weighted by molar-refractivity contribution is 6.00. The quantitative estimate of drug-likeness (QED) is 0.597. The van der Waals surface area contributed by atoms with Crippen molar-refractivity contribution in [1.29, 1.82) is 0 Å². The van der Waals surface area contributed by atoms with Gasteiger partial charge in [0.15, 0.2) is 6.10 Å². The average molecular weight is 338 g/mol. The summed E-state index contributed by atoms with van der Waals surface area (Å²) in [5, 5.41) is 0. The highest BCUT2D eigenvalue weighted by atomic mass is 16.5. The molecule has 0 N–H and O–H groups in total. The second-order valence-corrected chi connectivity index (χ2v) is 6.32. The van der Waals surface area contributed by atoms with Crippen LogP contribution in [-0.2, 0) is 28.8 Å². The molecule has 0 saturated carbocycles. The van der Waals surface area contributed by atoms with Crippen molar-refractivity contribution in [2.45, 2.75) is 38.7 Å². The lowest BCUT2D eigenvalue weighted by Crippen LogP contribution is -2.25. The number of aryl methyl sites for hydroxylation is 2. The summed E-state index contributed by atoms with van der Waals surface area (Å²) >= 11 is 0. The Morgan fingerprint density at radius 1 is 1.08 bits per heavy atom. The van der Waals surface area contributed by atoms with Crippen LogP contribution in [-0.4, -0.2) is 25.0 Å². The third-order valence-electron chi connectivity index (χ3n) is 4.59. The first-order valence-corrected chi connectivity index (χ1v) is 8.56. The largest absolute Gasteiger partial charge is 0.496 e. The summed E-state index contributed by atoms with van der Waals surface area (Å²) in [5.41, 5.74) is 3.90. The molecular weight excluding hydrogens is 316 g/mol. The zero-order valence-corrected chi connectivity index (χ0v) is 14.6. The van der Waals surface area contributed by atoms with E-state index in [1.165, 1.54) is 11.1 Å². The van der Waals surface area contributed by atoms with Gasteiger partial charge in [-0.25, -0.2) is 0 Å². The van der Waals surface area contributed by atoms with E-state index in [0.29, 0.717) is 11.3 Å². The van der Waals surface area contributed by atoms with Crippen LogP contribution in [0.15, 0.2) is 42.5 Å². The number of hydrogen-bond donors (Lipinski definition) is 0. The molecule has 25 heavy (non-hydrogen) atoms. The van der Waals surface area contributed by atoms with Crippen molar-refractivity contribution in [2.75, 3.05) is 7.11 Å². The van der Waals surface area contributed by atoms with Gasteiger partial charge in [-0.2, -0.15) is 0 Å². The zero-order valence-electron chi connectivity index (χ0n) is 14.6. The molecule has 0 bridgehead atoms. The number of carbonyl (C=O) groups is 2. The molecular formula is C21H22O4. The Balaban J connectivity index is 1.64. The topological polar surface area (TPSA) is 52.6 Å². The minimum Gasteiger partial charge on any atom is -0.496 e. The second kappa shape index (κ2) is 7.51. The third kappa shape index (κ3) is 3.90. The van der Waals surface area contributed by atoms with E-state index in [0.717, 1.165) is 24.8 Å². The van der Waals surface area contributed by atoms with Gasteiger partial charge in [0.25, 0.3) is 0 Å². The summed E-state index contributed by atoms with van der Waals surface area (Å²) in [7, 11) is 1.56. The Kier molecular flexibility index (Phi) is 5.17. The van der Waals surface area contributed by atoms with E-state index in [-0.39, 0.29) is 12.2 Å². The molecule has 1 aliphatic rings. The molecule has 1 atom stereocenters. The van der Waals surface area contributed by atoms with Crippen molar-refractivity contribution >= 4 is 11.8 Å². The number of carbonyl (C=O) groups excluding carboxylic acids is 2. The fraction of sp³-hybridized carbons (Fsp3) is 0.333. The van der Waals surface area contributed by atoms with Crippen molar-refractivity contribution < 1.29 is 19.1 Å². The highest BCUT2D eigenvalue weighted by Crippen LogP contribution is 2.24. The van der Waals surface area contributed by atoms with Crippen LogP contribution in [0, 0.1) is 0 Å². The predicted molar refractivity (Wildman–Crippen MR) is 95.0 cm³/mol. The van der Waals surface area contributed by atoms with Gasteiger partial charge in [0.05, 0.1) is 13.5 Å². The molecule has 0 fully saturated rings. The number of para-hydroxylation sites is 1. The maximum absolute atomic E-state index is 12.6. The lowest BCUT2D eigenvalue weighted by molar-refractivity contribution is -0.145. The van der Waals surface area contributed by atoms with Crippen molar-refractivity contribution in [3.8, 4) is 5.75 Å². The van der Waals surface area contributed by atoms with Gasteiger partial charge in [-0.05, 0) is 49.4 Å². The summed E-state index contributed by atoms with van der Waals surface area (Å²) in [6.45, 7) is 1.62. The number of methoxy groups -OCH3 is 1. The Morgan fingerprint density at radius 3 is 2.64 bits per heavy atom. The molecule has 0 amide bonds. The summed E-state index contributed by atoms with van der Waals surface area (Å²) in [6.07, 6.45) is 2.50. The van der Waals surface area contributed by atoms with Crippen LogP contribution in [0.1, 0.15) is 40.4 Å². The van der Waals surface area contributed by atoms with Crippen LogP contribution < -0.4 is 4.74 Å². The fourth-order valence-corrected chi connectivity index (χ4v) is 3.26. The Hall–Kier alpha value is -2.62. The molecule has 0 heterocycles. The third-order valence-corrected chi connectivity index (χ3v) is 4.59. The maximum atomic E-state index is 12.6. The molecule has 0 aliphatic heterocycles. The van der Waals surface area contributed by atoms with Crippen molar-refractivity contribution in [3.05, 3.63) is 64.7 Å². The number of ether oxygens (including phenoxy) is 2. The van der Waals surface area contributed by atoms with E-state index in [9.17, 15) is 9.59 Å². The fourth-order valence-electron chi connectivity index (χ4n) is 3.26. The molecule has 0 aromatic heterocycles. The van der Waals surface area contributed by atoms with Crippen LogP contribution in [0.3, 0.4) is 0 Å². The molecule has 0 radical (unpaired) electrons. The SMILES string of the molecule is COc1ccccc1CC(=O)OC(C)C(=O)c1ccc2c(c1)CCC2. The van der Waals surface area contributed by atoms with Gasteiger partial charge in [0, 0.05) is 11.1 Å². The molecule has 0 saturated heterocycles. The summed E-state index contributed by atoms with van der Waals surface area (Å²) in [5.74, 6) is 0.0339. The smallest absolute Gasteiger partial charge is 0.311 e. The van der Waals surface area contributed by atoms with E-state index in [4.69, 9.17) is 9.47 Å². The Bertz CT molecular complexity index is 794. The highest BCUT2D eigenvalue weighted by Gasteiger charge is 2.22. The number of esters is 1. The van der Waals surface area contributed by atoms with Crippen LogP contribution in [0.5, 0.6) is 5.75 Å². The van der Waals surface area contributed by atoms with Gasteiger partial charge in [-0.1, -0.05) is 30.3 Å². The van der Waals surface area contributed by atoms with Gasteiger partial charge < -0.3 is 9.47 Å². The van der Waals surface area contributed by atoms with Crippen molar-refractivity contribution in [1.82, 2.24) is 0 Å². The molecule has 0 spiro atoms. The summed E-state index contributed by atoms with van der Waals surface area (Å²) in [4.78, 5) is 24.7. The maximum Gasteiger partial charge on any atom is 0.311 e. The first kappa shape index (κ1) is 17.2. The number of Topliss-reactive ketones (excluding diaryl/α,β-unsaturated/α-hetero) is 1. The average Bonchev–Trinajstić information content (AvgIpc) is 3.09. The summed E-state index contributed by atoms with van der Waals surface area (Å²) in [6, 6.07) is 13.1. The number of rotatable bonds is 6. The normalized spacial score (nSPS) is 13.8. The van der Waals surface area contributed by atoms with E-state index in [1.807, 2.05) is 36.4 Å². The van der Waals surface area contributed by atoms with Gasteiger partial charge in [-0.15, -0.1) is 0 Å². The van der Waals surface area contributed by atoms with Gasteiger partial charge in [0.2, 0.25) is 5.78 Å². The first-order chi connectivity index (χ1) is 12.1. The molecule has 4 nitrogen and oxygen atoms in total. The second-order valence-electron chi connectivity index (χ2n) is 6.32. The van der Waals surface area contributed by atoms with E-state index >= 15 is 0 Å². The van der Waals surface area contributed by atoms with Crippen LogP contribution in [0.25, 0.3) is 0 Å². The summed E-state index contributed by atoms with van der Waals surface area (Å²) < 4.78 is 10.6. The number of ketones is 1. The van der Waals surface area contributed by atoms with Gasteiger partial charge in [-0.3, -0.25) is 9.59 Å². The molecule has 2 aromatic rings. The number of hydrogen-bond acceptors (Lipinski definition) is 4. The van der Waals surface area contributed by atoms with Gasteiger partial charge in [0.1, 0.15) is 5.75 Å². The number of fused-ring (bicyclic) bond motifs is 1. The van der Waals surface area contributed by atoms with E-state index in [2.05, 4.69) is 0 Å². The van der Waals surface area contributed by atoms with E-state index in [1.54, 1.807) is 20.1 Å². The van der Waals surface area contributed by atoms with Gasteiger partial charge >= 0.3 is 5.97 Å². The molecule has 130 valence electrons.